The normalized spacial score (nSPS) is 11.3. The third-order valence-corrected chi connectivity index (χ3v) is 7.44. The second-order valence-electron chi connectivity index (χ2n) is 7.60. The van der Waals surface area contributed by atoms with Gasteiger partial charge < -0.3 is 5.11 Å². The molecule has 4 nitrogen and oxygen atoms in total. The molecular formula is C28H20N2O2S2. The predicted molar refractivity (Wildman–Crippen MR) is 142 cm³/mol. The molecule has 0 aliphatic carbocycles. The summed E-state index contributed by atoms with van der Waals surface area (Å²) < 4.78 is 1.86. The van der Waals surface area contributed by atoms with Crippen molar-refractivity contribution in [2.24, 2.45) is 4.99 Å². The van der Waals surface area contributed by atoms with Crippen LogP contribution in [0.25, 0.3) is 21.3 Å². The second kappa shape index (κ2) is 10.0. The SMILES string of the molecule is O=C(CSc1nc2ccc(N=Cc3ccccc3O)cc2s1)c1ccc(-c2ccccc2)cc1. The minimum absolute atomic E-state index is 0.0804. The number of aromatic nitrogens is 1. The number of nitrogens with zero attached hydrogens (tertiary/aromatic N) is 2. The van der Waals surface area contributed by atoms with Gasteiger partial charge in [-0.3, -0.25) is 9.79 Å². The van der Waals surface area contributed by atoms with Crippen molar-refractivity contribution in [1.82, 2.24) is 4.98 Å². The fourth-order valence-electron chi connectivity index (χ4n) is 3.46. The second-order valence-corrected chi connectivity index (χ2v) is 9.86. The number of thioether (sulfide) groups is 1. The first-order valence-corrected chi connectivity index (χ1v) is 12.5. The summed E-state index contributed by atoms with van der Waals surface area (Å²) in [6.07, 6.45) is 1.65. The molecule has 0 amide bonds. The van der Waals surface area contributed by atoms with Crippen molar-refractivity contribution in [2.45, 2.75) is 4.34 Å². The molecule has 0 radical (unpaired) electrons. The molecule has 4 aromatic carbocycles. The van der Waals surface area contributed by atoms with Crippen LogP contribution in [0.2, 0.25) is 0 Å². The van der Waals surface area contributed by atoms with Gasteiger partial charge in [0.2, 0.25) is 0 Å². The summed E-state index contributed by atoms with van der Waals surface area (Å²) in [5.74, 6) is 0.614. The molecule has 0 saturated carbocycles. The maximum atomic E-state index is 12.7. The van der Waals surface area contributed by atoms with Crippen molar-refractivity contribution >= 4 is 51.0 Å². The molecule has 0 spiro atoms. The summed E-state index contributed by atoms with van der Waals surface area (Å²) in [4.78, 5) is 21.8. The van der Waals surface area contributed by atoms with E-state index >= 15 is 0 Å². The van der Waals surface area contributed by atoms with Gasteiger partial charge in [-0.15, -0.1) is 11.3 Å². The van der Waals surface area contributed by atoms with E-state index in [1.165, 1.54) is 11.8 Å². The molecule has 0 bridgehead atoms. The molecule has 1 aromatic heterocycles. The third-order valence-electron chi connectivity index (χ3n) is 5.28. The molecule has 5 aromatic rings. The number of aromatic hydroxyl groups is 1. The van der Waals surface area contributed by atoms with Crippen LogP contribution in [0.5, 0.6) is 5.75 Å². The molecule has 5 rings (SSSR count). The number of phenols is 1. The summed E-state index contributed by atoms with van der Waals surface area (Å²) in [6.45, 7) is 0. The van der Waals surface area contributed by atoms with E-state index in [4.69, 9.17) is 0 Å². The Morgan fingerprint density at radius 3 is 2.44 bits per heavy atom. The number of fused-ring (bicyclic) bond motifs is 1. The lowest BCUT2D eigenvalue weighted by Gasteiger charge is -2.03. The van der Waals surface area contributed by atoms with Gasteiger partial charge in [0.05, 0.1) is 21.7 Å². The zero-order valence-electron chi connectivity index (χ0n) is 18.1. The highest BCUT2D eigenvalue weighted by Crippen LogP contribution is 2.32. The number of para-hydroxylation sites is 1. The average Bonchev–Trinajstić information content (AvgIpc) is 3.30. The molecule has 0 unspecified atom stereocenters. The number of hydrogen-bond acceptors (Lipinski definition) is 6. The van der Waals surface area contributed by atoms with E-state index < -0.39 is 0 Å². The maximum absolute atomic E-state index is 12.7. The van der Waals surface area contributed by atoms with E-state index in [0.29, 0.717) is 16.9 Å². The Morgan fingerprint density at radius 1 is 0.912 bits per heavy atom. The highest BCUT2D eigenvalue weighted by atomic mass is 32.2. The zero-order valence-corrected chi connectivity index (χ0v) is 19.7. The molecule has 6 heteroatoms. The minimum Gasteiger partial charge on any atom is -0.507 e. The van der Waals surface area contributed by atoms with Crippen LogP contribution in [0.15, 0.2) is 106 Å². The summed E-state index contributed by atoms with van der Waals surface area (Å²) in [6, 6.07) is 30.7. The summed E-state index contributed by atoms with van der Waals surface area (Å²) in [5, 5.41) is 9.89. The number of benzene rings is 4. The fraction of sp³-hybridized carbons (Fsp3) is 0.0357. The van der Waals surface area contributed by atoms with Crippen molar-refractivity contribution in [2.75, 3.05) is 5.75 Å². The molecule has 34 heavy (non-hydrogen) atoms. The Morgan fingerprint density at radius 2 is 1.65 bits per heavy atom. The number of rotatable bonds is 7. The van der Waals surface area contributed by atoms with Gasteiger partial charge in [0, 0.05) is 17.3 Å². The van der Waals surface area contributed by atoms with Gasteiger partial charge in [-0.05, 0) is 41.5 Å². The van der Waals surface area contributed by atoms with Crippen LogP contribution in [0.3, 0.4) is 0 Å². The van der Waals surface area contributed by atoms with Crippen molar-refractivity contribution in [3.8, 4) is 16.9 Å². The lowest BCUT2D eigenvalue weighted by molar-refractivity contribution is 0.102. The Bertz CT molecular complexity index is 1480. The van der Waals surface area contributed by atoms with Crippen LogP contribution in [-0.2, 0) is 0 Å². The molecule has 0 aliphatic rings. The number of carbonyl (C=O) groups excluding carboxylic acids is 1. The Kier molecular flexibility index (Phi) is 6.51. The van der Waals surface area contributed by atoms with Crippen LogP contribution in [0.4, 0.5) is 5.69 Å². The Balaban J connectivity index is 1.24. The van der Waals surface area contributed by atoms with E-state index in [0.717, 1.165) is 31.4 Å². The Hall–Kier alpha value is -3.74. The molecule has 1 N–H and O–H groups in total. The van der Waals surface area contributed by atoms with E-state index in [2.05, 4.69) is 22.1 Å². The van der Waals surface area contributed by atoms with E-state index in [-0.39, 0.29) is 11.5 Å². The van der Waals surface area contributed by atoms with Gasteiger partial charge in [0.25, 0.3) is 0 Å². The van der Waals surface area contributed by atoms with E-state index in [1.54, 1.807) is 29.7 Å². The van der Waals surface area contributed by atoms with Crippen LogP contribution >= 0.6 is 23.1 Å². The van der Waals surface area contributed by atoms with E-state index in [1.807, 2.05) is 72.8 Å². The van der Waals surface area contributed by atoms with Crippen molar-refractivity contribution in [3.05, 3.63) is 108 Å². The summed E-state index contributed by atoms with van der Waals surface area (Å²) in [5.41, 5.74) is 5.26. The molecular weight excluding hydrogens is 460 g/mol. The van der Waals surface area contributed by atoms with Crippen LogP contribution in [-0.4, -0.2) is 27.8 Å². The standard InChI is InChI=1S/C28H20N2O2S2/c31-25-9-5-4-8-22(25)17-29-23-14-15-24-27(16-23)34-28(30-24)33-18-26(32)21-12-10-20(11-13-21)19-6-2-1-3-7-19/h1-17,31H,18H2. The van der Waals surface area contributed by atoms with Crippen molar-refractivity contribution < 1.29 is 9.90 Å². The highest BCUT2D eigenvalue weighted by Gasteiger charge is 2.11. The van der Waals surface area contributed by atoms with Crippen molar-refractivity contribution in [3.63, 3.8) is 0 Å². The summed E-state index contributed by atoms with van der Waals surface area (Å²) in [7, 11) is 0. The first-order chi connectivity index (χ1) is 16.7. The minimum atomic E-state index is 0.0804. The zero-order chi connectivity index (χ0) is 23.3. The molecule has 0 aliphatic heterocycles. The lowest BCUT2D eigenvalue weighted by Crippen LogP contribution is -2.01. The van der Waals surface area contributed by atoms with Gasteiger partial charge >= 0.3 is 0 Å². The van der Waals surface area contributed by atoms with Crippen LogP contribution < -0.4 is 0 Å². The number of thiazole rings is 1. The van der Waals surface area contributed by atoms with Gasteiger partial charge in [-0.25, -0.2) is 4.98 Å². The Labute approximate surface area is 205 Å². The number of hydrogen-bond donors (Lipinski definition) is 1. The van der Waals surface area contributed by atoms with E-state index in [9.17, 15) is 9.90 Å². The largest absolute Gasteiger partial charge is 0.507 e. The number of phenolic OH excluding ortho intramolecular Hbond substituents is 1. The molecule has 0 saturated heterocycles. The number of carbonyl (C=O) groups is 1. The molecule has 0 fully saturated rings. The maximum Gasteiger partial charge on any atom is 0.173 e. The van der Waals surface area contributed by atoms with Crippen LogP contribution in [0, 0.1) is 0 Å². The molecule has 1 heterocycles. The highest BCUT2D eigenvalue weighted by molar-refractivity contribution is 8.01. The molecule has 0 atom stereocenters. The third kappa shape index (κ3) is 5.09. The van der Waals surface area contributed by atoms with Crippen LogP contribution in [0.1, 0.15) is 15.9 Å². The lowest BCUT2D eigenvalue weighted by atomic mass is 10.0. The van der Waals surface area contributed by atoms with Crippen molar-refractivity contribution in [1.29, 1.82) is 0 Å². The van der Waals surface area contributed by atoms with Gasteiger partial charge in [-0.2, -0.15) is 0 Å². The molecule has 166 valence electrons. The first kappa shape index (κ1) is 22.1. The predicted octanol–water partition coefficient (Wildman–Crippen LogP) is 7.39. The number of ketones is 1. The number of aliphatic imine (C=N–C) groups is 1. The van der Waals surface area contributed by atoms with Gasteiger partial charge in [0.1, 0.15) is 5.75 Å². The smallest absolute Gasteiger partial charge is 0.173 e. The quantitative estimate of drug-likeness (QED) is 0.150. The fourth-order valence-corrected chi connectivity index (χ4v) is 5.46. The topological polar surface area (TPSA) is 62.5 Å². The number of Topliss-reactive ketones (excluding diaryl/α,β-unsaturated/α-hetero) is 1. The monoisotopic (exact) mass is 480 g/mol. The first-order valence-electron chi connectivity index (χ1n) is 10.7. The average molecular weight is 481 g/mol. The van der Waals surface area contributed by atoms with Gasteiger partial charge in [0.15, 0.2) is 10.1 Å². The summed E-state index contributed by atoms with van der Waals surface area (Å²) >= 11 is 3.00. The van der Waals surface area contributed by atoms with Gasteiger partial charge in [-0.1, -0.05) is 78.5 Å².